The molecule has 0 aromatic carbocycles. The van der Waals surface area contributed by atoms with Gasteiger partial charge in [0, 0.05) is 0 Å². The monoisotopic (exact) mass is 185 g/mol. The van der Waals surface area contributed by atoms with Crippen LogP contribution in [0.5, 0.6) is 0 Å². The molecule has 0 unspecified atom stereocenters. The van der Waals surface area contributed by atoms with Crippen molar-refractivity contribution in [1.82, 2.24) is 0 Å². The lowest BCUT2D eigenvalue weighted by molar-refractivity contribution is 0.433. The Hall–Kier alpha value is -0.400. The quantitative estimate of drug-likeness (QED) is 0.433. The van der Waals surface area contributed by atoms with Crippen LogP contribution in [0.1, 0.15) is 59.8 Å². The fraction of sp³-hybridized carbons (Fsp3) is 1.00. The molecule has 0 spiro atoms. The molecule has 0 bridgehead atoms. The highest BCUT2D eigenvalue weighted by Gasteiger charge is 2.16. The predicted octanol–water partition coefficient (Wildman–Crippen LogP) is 4.14. The zero-order chi connectivity index (χ0) is 10.3. The van der Waals surface area contributed by atoms with E-state index in [2.05, 4.69) is 19.0 Å². The maximum atomic E-state index is 10.3. The third kappa shape index (κ3) is 7.94. The van der Waals surface area contributed by atoms with Crippen molar-refractivity contribution in [2.45, 2.75) is 65.3 Å². The number of hydrogen-bond acceptors (Lipinski definition) is 2. The summed E-state index contributed by atoms with van der Waals surface area (Å²) in [7, 11) is 0. The number of nitrogens with zero attached hydrogens (tertiary/aromatic N) is 1. The lowest BCUT2D eigenvalue weighted by atomic mass is 9.96. The zero-order valence-electron chi connectivity index (χ0n) is 9.47. The molecule has 0 fully saturated rings. The summed E-state index contributed by atoms with van der Waals surface area (Å²) >= 11 is 0. The van der Waals surface area contributed by atoms with Gasteiger partial charge in [0.05, 0.1) is 5.54 Å². The van der Waals surface area contributed by atoms with Crippen molar-refractivity contribution in [2.24, 2.45) is 11.1 Å². The second-order valence-electron chi connectivity index (χ2n) is 4.90. The molecule has 0 aliphatic rings. The molecule has 0 N–H and O–H groups in total. The van der Waals surface area contributed by atoms with Gasteiger partial charge in [-0.3, -0.25) is 0 Å². The summed E-state index contributed by atoms with van der Waals surface area (Å²) in [5, 5.41) is 3.10. The molecule has 0 aliphatic carbocycles. The van der Waals surface area contributed by atoms with Gasteiger partial charge in [0.1, 0.15) is 0 Å². The minimum atomic E-state index is -0.349. The lowest BCUT2D eigenvalue weighted by Gasteiger charge is -2.14. The largest absolute Gasteiger partial charge is 0.150 e. The average Bonchev–Trinajstić information content (AvgIpc) is 2.03. The van der Waals surface area contributed by atoms with Gasteiger partial charge in [0.25, 0.3) is 0 Å². The van der Waals surface area contributed by atoms with E-state index in [9.17, 15) is 4.91 Å². The van der Waals surface area contributed by atoms with E-state index < -0.39 is 0 Å². The van der Waals surface area contributed by atoms with Gasteiger partial charge >= 0.3 is 0 Å². The van der Waals surface area contributed by atoms with Crippen LogP contribution < -0.4 is 0 Å². The minimum absolute atomic E-state index is 0.349. The normalized spacial score (nSPS) is 12.1. The molecule has 78 valence electrons. The molecular weight excluding hydrogens is 162 g/mol. The average molecular weight is 185 g/mol. The Bertz CT molecular complexity index is 141. The highest BCUT2D eigenvalue weighted by molar-refractivity contribution is 4.75. The van der Waals surface area contributed by atoms with E-state index in [0.717, 1.165) is 18.8 Å². The molecule has 0 heterocycles. The molecule has 0 aromatic heterocycles. The van der Waals surface area contributed by atoms with Crippen LogP contribution in [0.3, 0.4) is 0 Å². The smallest absolute Gasteiger partial charge is 0.0970 e. The first-order valence-electron chi connectivity index (χ1n) is 5.32. The molecule has 0 saturated carbocycles. The van der Waals surface area contributed by atoms with Crippen LogP contribution in [0.4, 0.5) is 0 Å². The lowest BCUT2D eigenvalue weighted by Crippen LogP contribution is -2.14. The van der Waals surface area contributed by atoms with Gasteiger partial charge in [-0.05, 0) is 26.2 Å². The second kappa shape index (κ2) is 6.11. The van der Waals surface area contributed by atoms with E-state index in [0.29, 0.717) is 0 Å². The van der Waals surface area contributed by atoms with Crippen molar-refractivity contribution in [2.75, 3.05) is 0 Å². The Kier molecular flexibility index (Phi) is 5.93. The third-order valence-electron chi connectivity index (χ3n) is 2.32. The van der Waals surface area contributed by atoms with Crippen molar-refractivity contribution < 1.29 is 0 Å². The number of rotatable bonds is 7. The Morgan fingerprint density at radius 1 is 1.15 bits per heavy atom. The third-order valence-corrected chi connectivity index (χ3v) is 2.32. The van der Waals surface area contributed by atoms with Crippen LogP contribution in [0.15, 0.2) is 5.18 Å². The highest BCUT2D eigenvalue weighted by Crippen LogP contribution is 2.19. The topological polar surface area (TPSA) is 29.4 Å². The second-order valence-corrected chi connectivity index (χ2v) is 4.90. The molecule has 0 radical (unpaired) electrons. The molecule has 0 rings (SSSR count). The maximum Gasteiger partial charge on any atom is 0.0970 e. The summed E-state index contributed by atoms with van der Waals surface area (Å²) in [6.07, 6.45) is 5.87. The van der Waals surface area contributed by atoms with Crippen LogP contribution in [-0.2, 0) is 0 Å². The SMILES string of the molecule is CC(C)CCCCCC(C)(C)N=O. The first-order valence-corrected chi connectivity index (χ1v) is 5.32. The first kappa shape index (κ1) is 12.6. The van der Waals surface area contributed by atoms with Gasteiger partial charge in [-0.15, -0.1) is 0 Å². The summed E-state index contributed by atoms with van der Waals surface area (Å²) in [6.45, 7) is 8.30. The van der Waals surface area contributed by atoms with Crippen LogP contribution in [0.2, 0.25) is 0 Å². The summed E-state index contributed by atoms with van der Waals surface area (Å²) in [5.74, 6) is 0.803. The fourth-order valence-corrected chi connectivity index (χ4v) is 1.33. The summed E-state index contributed by atoms with van der Waals surface area (Å²) in [5.41, 5.74) is -0.349. The predicted molar refractivity (Wildman–Crippen MR) is 57.8 cm³/mol. The molecular formula is C11H23NO. The van der Waals surface area contributed by atoms with E-state index in [-0.39, 0.29) is 5.54 Å². The Balaban J connectivity index is 3.30. The summed E-state index contributed by atoms with van der Waals surface area (Å²) in [6, 6.07) is 0. The van der Waals surface area contributed by atoms with Crippen LogP contribution >= 0.6 is 0 Å². The molecule has 0 amide bonds. The summed E-state index contributed by atoms with van der Waals surface area (Å²) in [4.78, 5) is 10.3. The van der Waals surface area contributed by atoms with Crippen molar-refractivity contribution in [3.8, 4) is 0 Å². The van der Waals surface area contributed by atoms with E-state index in [1.165, 1.54) is 19.3 Å². The van der Waals surface area contributed by atoms with Gasteiger partial charge in [-0.2, -0.15) is 4.91 Å². The van der Waals surface area contributed by atoms with Crippen molar-refractivity contribution in [3.05, 3.63) is 4.91 Å². The first-order chi connectivity index (χ1) is 5.98. The fourth-order valence-electron chi connectivity index (χ4n) is 1.33. The molecule has 2 heteroatoms. The van der Waals surface area contributed by atoms with Crippen molar-refractivity contribution in [3.63, 3.8) is 0 Å². The Labute approximate surface area is 82.1 Å². The minimum Gasteiger partial charge on any atom is -0.150 e. The van der Waals surface area contributed by atoms with E-state index in [4.69, 9.17) is 0 Å². The highest BCUT2D eigenvalue weighted by atomic mass is 16.3. The molecule has 0 aromatic rings. The molecule has 2 nitrogen and oxygen atoms in total. The van der Waals surface area contributed by atoms with Gasteiger partial charge in [-0.1, -0.05) is 44.7 Å². The van der Waals surface area contributed by atoms with Crippen LogP contribution in [-0.4, -0.2) is 5.54 Å². The molecule has 0 saturated heterocycles. The van der Waals surface area contributed by atoms with Crippen molar-refractivity contribution in [1.29, 1.82) is 0 Å². The van der Waals surface area contributed by atoms with Gasteiger partial charge in [0.15, 0.2) is 0 Å². The van der Waals surface area contributed by atoms with Gasteiger partial charge in [-0.25, -0.2) is 0 Å². The molecule has 13 heavy (non-hydrogen) atoms. The standard InChI is InChI=1S/C11H23NO/c1-10(2)8-6-5-7-9-11(3,4)12-13/h10H,5-9H2,1-4H3. The van der Waals surface area contributed by atoms with Crippen LogP contribution in [0, 0.1) is 10.8 Å². The summed E-state index contributed by atoms with van der Waals surface area (Å²) < 4.78 is 0. The molecule has 0 aliphatic heterocycles. The van der Waals surface area contributed by atoms with E-state index >= 15 is 0 Å². The van der Waals surface area contributed by atoms with Gasteiger partial charge < -0.3 is 0 Å². The van der Waals surface area contributed by atoms with E-state index in [1.54, 1.807) is 0 Å². The number of hydrogen-bond donors (Lipinski definition) is 0. The van der Waals surface area contributed by atoms with Gasteiger partial charge in [0.2, 0.25) is 0 Å². The molecule has 0 atom stereocenters. The van der Waals surface area contributed by atoms with Crippen LogP contribution in [0.25, 0.3) is 0 Å². The van der Waals surface area contributed by atoms with Crippen molar-refractivity contribution >= 4 is 0 Å². The number of unbranched alkanes of at least 4 members (excludes halogenated alkanes) is 2. The Morgan fingerprint density at radius 3 is 2.23 bits per heavy atom. The Morgan fingerprint density at radius 2 is 1.77 bits per heavy atom. The zero-order valence-corrected chi connectivity index (χ0v) is 9.47. The van der Waals surface area contributed by atoms with E-state index in [1.807, 2.05) is 13.8 Å². The number of nitroso groups, excluding NO2 is 1. The maximum absolute atomic E-state index is 10.3.